The van der Waals surface area contributed by atoms with Crippen LogP contribution in [0.1, 0.15) is 35.8 Å². The molecule has 1 amide bonds. The maximum atomic E-state index is 13.0. The van der Waals surface area contributed by atoms with Crippen LogP contribution in [0.3, 0.4) is 0 Å². The van der Waals surface area contributed by atoms with Crippen molar-refractivity contribution in [3.05, 3.63) is 46.9 Å². The zero-order valence-electron chi connectivity index (χ0n) is 19.2. The number of nitrogens with two attached hydrogens (primary N) is 1. The van der Waals surface area contributed by atoms with Gasteiger partial charge in [-0.05, 0) is 26.0 Å². The lowest BCUT2D eigenvalue weighted by Gasteiger charge is -2.19. The second-order valence-electron chi connectivity index (χ2n) is 7.39. The summed E-state index contributed by atoms with van der Waals surface area (Å²) < 4.78 is 40.8. The van der Waals surface area contributed by atoms with E-state index >= 15 is 0 Å². The first kappa shape index (κ1) is 26.5. The van der Waals surface area contributed by atoms with Crippen molar-refractivity contribution in [1.82, 2.24) is 29.7 Å². The molecule has 0 aliphatic heterocycles. The highest BCUT2D eigenvalue weighted by Gasteiger charge is 2.38. The highest BCUT2D eigenvalue weighted by molar-refractivity contribution is 6.35. The first-order valence-corrected chi connectivity index (χ1v) is 10.7. The molecular weight excluding hydrogens is 507 g/mol. The van der Waals surface area contributed by atoms with E-state index in [1.165, 1.54) is 4.52 Å². The molecule has 36 heavy (non-hydrogen) atoms. The molecule has 1 unspecified atom stereocenters. The summed E-state index contributed by atoms with van der Waals surface area (Å²) in [5.74, 6) is -2.40. The van der Waals surface area contributed by atoms with Gasteiger partial charge in [0.1, 0.15) is 11.1 Å². The Morgan fingerprint density at radius 1 is 1.36 bits per heavy atom. The molecule has 192 valence electrons. The van der Waals surface area contributed by atoms with Crippen LogP contribution in [-0.4, -0.2) is 54.1 Å². The van der Waals surface area contributed by atoms with Crippen LogP contribution in [0.15, 0.2) is 30.7 Å². The number of anilines is 1. The van der Waals surface area contributed by atoms with Crippen LogP contribution in [0.5, 0.6) is 5.75 Å². The third-order valence-corrected chi connectivity index (χ3v) is 5.26. The molecule has 3 aromatic heterocycles. The maximum absolute atomic E-state index is 13.0. The van der Waals surface area contributed by atoms with Crippen molar-refractivity contribution in [3.8, 4) is 5.75 Å². The van der Waals surface area contributed by atoms with Gasteiger partial charge in [0.25, 0.3) is 5.91 Å². The van der Waals surface area contributed by atoms with Gasteiger partial charge in [0.05, 0.1) is 23.9 Å². The Bertz CT molecular complexity index is 1430. The van der Waals surface area contributed by atoms with Gasteiger partial charge >= 0.3 is 12.1 Å². The van der Waals surface area contributed by atoms with E-state index in [4.69, 9.17) is 32.0 Å². The number of aliphatic carboxylic acids is 1. The summed E-state index contributed by atoms with van der Waals surface area (Å²) in [5, 5.41) is 19.8. The van der Waals surface area contributed by atoms with Crippen molar-refractivity contribution in [2.24, 2.45) is 7.05 Å². The van der Waals surface area contributed by atoms with Crippen LogP contribution in [0, 0.1) is 0 Å². The van der Waals surface area contributed by atoms with Gasteiger partial charge < -0.3 is 20.9 Å². The SMILES string of the molecule is CCOc1c(C(C)NC(=O)c2c(N)nn3cccnc23)cc(Cl)c2cnn(C)c12.O=C(O)C(F)(F)F. The second-order valence-corrected chi connectivity index (χ2v) is 7.79. The third kappa shape index (κ3) is 5.27. The van der Waals surface area contributed by atoms with Crippen LogP contribution >= 0.6 is 11.6 Å². The van der Waals surface area contributed by atoms with E-state index in [0.717, 1.165) is 16.5 Å². The summed E-state index contributed by atoms with van der Waals surface area (Å²) >= 11 is 6.47. The standard InChI is InChI=1S/C19H20ClN7O2.C2HF3O2/c1-4-29-16-11(8-13(20)12-9-23-26(3)15(12)16)10(2)24-19(28)14-17(21)25-27-7-5-6-22-18(14)27;3-2(4,5)1(6)7/h5-10H,4H2,1-3H3,(H2,21,25)(H,24,28);(H,6,7). The molecule has 3 heterocycles. The molecule has 1 atom stereocenters. The molecule has 4 aromatic rings. The Kier molecular flexibility index (Phi) is 7.57. The average Bonchev–Trinajstić information content (AvgIpc) is 3.35. The number of halogens is 4. The monoisotopic (exact) mass is 527 g/mol. The van der Waals surface area contributed by atoms with Crippen LogP contribution < -0.4 is 15.8 Å². The highest BCUT2D eigenvalue weighted by Crippen LogP contribution is 2.38. The van der Waals surface area contributed by atoms with Gasteiger partial charge in [-0.25, -0.2) is 14.3 Å². The van der Waals surface area contributed by atoms with Crippen molar-refractivity contribution in [1.29, 1.82) is 0 Å². The van der Waals surface area contributed by atoms with E-state index in [-0.39, 0.29) is 17.3 Å². The van der Waals surface area contributed by atoms with E-state index in [9.17, 15) is 18.0 Å². The summed E-state index contributed by atoms with van der Waals surface area (Å²) in [6.07, 6.45) is -0.124. The minimum absolute atomic E-state index is 0.110. The van der Waals surface area contributed by atoms with Gasteiger partial charge in [0.15, 0.2) is 17.2 Å². The number of ether oxygens (including phenoxy) is 1. The van der Waals surface area contributed by atoms with Gasteiger partial charge in [0, 0.05) is 30.4 Å². The van der Waals surface area contributed by atoms with Crippen LogP contribution in [0.2, 0.25) is 5.02 Å². The summed E-state index contributed by atoms with van der Waals surface area (Å²) in [5.41, 5.74) is 8.09. The van der Waals surface area contributed by atoms with Crippen LogP contribution in [0.25, 0.3) is 16.6 Å². The minimum Gasteiger partial charge on any atom is -0.491 e. The van der Waals surface area contributed by atoms with Gasteiger partial charge in [-0.1, -0.05) is 11.6 Å². The maximum Gasteiger partial charge on any atom is 0.490 e. The number of nitrogens with one attached hydrogen (secondary N) is 1. The zero-order valence-corrected chi connectivity index (χ0v) is 19.9. The lowest BCUT2D eigenvalue weighted by molar-refractivity contribution is -0.192. The zero-order chi connectivity index (χ0) is 26.8. The number of alkyl halides is 3. The largest absolute Gasteiger partial charge is 0.491 e. The van der Waals surface area contributed by atoms with Crippen molar-refractivity contribution in [3.63, 3.8) is 0 Å². The van der Waals surface area contributed by atoms with E-state index in [1.807, 2.05) is 20.9 Å². The number of carbonyl (C=O) groups is 2. The molecular formula is C21H21ClF3N7O4. The summed E-state index contributed by atoms with van der Waals surface area (Å²) in [6, 6.07) is 3.08. The quantitative estimate of drug-likeness (QED) is 0.357. The minimum atomic E-state index is -5.08. The molecule has 0 aliphatic rings. The number of carboxylic acids is 1. The molecule has 15 heteroatoms. The number of hydrogen-bond acceptors (Lipinski definition) is 7. The predicted molar refractivity (Wildman–Crippen MR) is 124 cm³/mol. The number of carbonyl (C=O) groups excluding carboxylic acids is 1. The van der Waals surface area contributed by atoms with Gasteiger partial charge in [-0.3, -0.25) is 9.48 Å². The topological polar surface area (TPSA) is 150 Å². The number of rotatable bonds is 5. The number of amides is 1. The molecule has 0 fully saturated rings. The number of aromatic nitrogens is 5. The first-order valence-electron chi connectivity index (χ1n) is 10.3. The van der Waals surface area contributed by atoms with Crippen LogP contribution in [0.4, 0.5) is 19.0 Å². The van der Waals surface area contributed by atoms with Gasteiger partial charge in [-0.2, -0.15) is 18.3 Å². The molecule has 11 nitrogen and oxygen atoms in total. The molecule has 0 saturated carbocycles. The Morgan fingerprint density at radius 3 is 2.64 bits per heavy atom. The Balaban J connectivity index is 0.000000454. The fourth-order valence-corrected chi connectivity index (χ4v) is 3.64. The molecule has 0 aliphatic carbocycles. The lowest BCUT2D eigenvalue weighted by atomic mass is 10.0. The summed E-state index contributed by atoms with van der Waals surface area (Å²) in [6.45, 7) is 4.21. The summed E-state index contributed by atoms with van der Waals surface area (Å²) in [4.78, 5) is 26.1. The second kappa shape index (κ2) is 10.3. The smallest absolute Gasteiger partial charge is 0.490 e. The first-order chi connectivity index (χ1) is 16.9. The number of nitrogen functional groups attached to an aromatic ring is 1. The van der Waals surface area contributed by atoms with Crippen molar-refractivity contribution in [2.45, 2.75) is 26.1 Å². The number of carboxylic acid groups (broad SMARTS) is 1. The van der Waals surface area contributed by atoms with Crippen LogP contribution in [-0.2, 0) is 11.8 Å². The summed E-state index contributed by atoms with van der Waals surface area (Å²) in [7, 11) is 1.82. The van der Waals surface area contributed by atoms with Crippen molar-refractivity contribution in [2.75, 3.05) is 12.3 Å². The highest BCUT2D eigenvalue weighted by atomic mass is 35.5. The number of benzene rings is 1. The number of nitrogens with zero attached hydrogens (tertiary/aromatic N) is 5. The van der Waals surface area contributed by atoms with Crippen molar-refractivity contribution < 1.29 is 32.6 Å². The van der Waals surface area contributed by atoms with E-state index < -0.39 is 18.2 Å². The molecule has 1 aromatic carbocycles. The Labute approximate surface area is 206 Å². The van der Waals surface area contributed by atoms with Gasteiger partial charge in [0.2, 0.25) is 0 Å². The van der Waals surface area contributed by atoms with Crippen molar-refractivity contribution >= 4 is 45.8 Å². The molecule has 0 radical (unpaired) electrons. The number of aryl methyl sites for hydroxylation is 1. The van der Waals surface area contributed by atoms with Gasteiger partial charge in [-0.15, -0.1) is 5.10 Å². The third-order valence-electron chi connectivity index (χ3n) is 4.95. The molecule has 0 spiro atoms. The Morgan fingerprint density at radius 2 is 2.03 bits per heavy atom. The lowest BCUT2D eigenvalue weighted by Crippen LogP contribution is -2.27. The molecule has 4 rings (SSSR count). The molecule has 4 N–H and O–H groups in total. The number of hydrogen-bond donors (Lipinski definition) is 3. The van der Waals surface area contributed by atoms with E-state index in [0.29, 0.717) is 23.0 Å². The van der Waals surface area contributed by atoms with E-state index in [2.05, 4.69) is 20.5 Å². The Hall–Kier alpha value is -4.07. The normalized spacial score (nSPS) is 12.2. The van der Waals surface area contributed by atoms with E-state index in [1.54, 1.807) is 35.4 Å². The predicted octanol–water partition coefficient (Wildman–Crippen LogP) is 3.37. The fourth-order valence-electron chi connectivity index (χ4n) is 3.38. The number of fused-ring (bicyclic) bond motifs is 2. The molecule has 0 bridgehead atoms. The average molecular weight is 528 g/mol. The molecule has 0 saturated heterocycles. The fraction of sp³-hybridized carbons (Fsp3) is 0.286.